The van der Waals surface area contributed by atoms with E-state index in [4.69, 9.17) is 23.2 Å². The van der Waals surface area contributed by atoms with E-state index in [0.29, 0.717) is 22.1 Å². The van der Waals surface area contributed by atoms with Crippen LogP contribution in [0.2, 0.25) is 10.0 Å². The standard InChI is InChI=1S/C17H14Cl2FN3S/c1-9(2)22-16-15(14-10(18)4-3-5-12(14)20)11(19)8-13(23-16)17-21-6-7-24-17/h3-9H,1-2H3,(H,22,23). The van der Waals surface area contributed by atoms with Gasteiger partial charge in [-0.25, -0.2) is 14.4 Å². The summed E-state index contributed by atoms with van der Waals surface area (Å²) in [4.78, 5) is 8.86. The predicted molar refractivity (Wildman–Crippen MR) is 99.5 cm³/mol. The highest BCUT2D eigenvalue weighted by Crippen LogP contribution is 2.41. The van der Waals surface area contributed by atoms with Crippen LogP contribution in [0.1, 0.15) is 13.8 Å². The fraction of sp³-hybridized carbons (Fsp3) is 0.176. The van der Waals surface area contributed by atoms with E-state index >= 15 is 0 Å². The van der Waals surface area contributed by atoms with E-state index in [9.17, 15) is 4.39 Å². The molecule has 3 aromatic rings. The number of anilines is 1. The van der Waals surface area contributed by atoms with Gasteiger partial charge in [0, 0.05) is 28.7 Å². The summed E-state index contributed by atoms with van der Waals surface area (Å²) in [6, 6.07) is 6.31. The molecule has 0 bridgehead atoms. The van der Waals surface area contributed by atoms with Crippen molar-refractivity contribution in [1.82, 2.24) is 9.97 Å². The molecule has 124 valence electrons. The molecule has 1 N–H and O–H groups in total. The number of halogens is 3. The average molecular weight is 382 g/mol. The van der Waals surface area contributed by atoms with Crippen molar-refractivity contribution in [3.8, 4) is 21.8 Å². The summed E-state index contributed by atoms with van der Waals surface area (Å²) >= 11 is 14.2. The molecule has 1 aromatic carbocycles. The quantitative estimate of drug-likeness (QED) is 0.589. The third-order valence-corrected chi connectivity index (χ3v) is 4.67. The third kappa shape index (κ3) is 3.38. The first kappa shape index (κ1) is 17.1. The first-order valence-corrected chi connectivity index (χ1v) is 8.92. The van der Waals surface area contributed by atoms with Crippen molar-refractivity contribution in [3.05, 3.63) is 51.7 Å². The molecule has 0 saturated heterocycles. The van der Waals surface area contributed by atoms with Crippen molar-refractivity contribution in [1.29, 1.82) is 0 Å². The monoisotopic (exact) mass is 381 g/mol. The lowest BCUT2D eigenvalue weighted by atomic mass is 10.0. The zero-order chi connectivity index (χ0) is 17.3. The third-order valence-electron chi connectivity index (χ3n) is 3.26. The van der Waals surface area contributed by atoms with Crippen LogP contribution in [-0.4, -0.2) is 16.0 Å². The lowest BCUT2D eigenvalue weighted by Gasteiger charge is -2.17. The number of nitrogens with one attached hydrogen (secondary N) is 1. The molecule has 0 fully saturated rings. The van der Waals surface area contributed by atoms with E-state index in [2.05, 4.69) is 15.3 Å². The second-order valence-electron chi connectivity index (χ2n) is 5.45. The molecular formula is C17H14Cl2FN3S. The Bertz CT molecular complexity index is 846. The SMILES string of the molecule is CC(C)Nc1nc(-c2nccs2)cc(Cl)c1-c1c(F)cccc1Cl. The summed E-state index contributed by atoms with van der Waals surface area (Å²) in [7, 11) is 0. The number of nitrogens with zero attached hydrogens (tertiary/aromatic N) is 2. The molecule has 0 atom stereocenters. The van der Waals surface area contributed by atoms with Gasteiger partial charge in [-0.05, 0) is 32.0 Å². The first-order chi connectivity index (χ1) is 11.5. The van der Waals surface area contributed by atoms with Gasteiger partial charge in [-0.3, -0.25) is 0 Å². The van der Waals surface area contributed by atoms with Gasteiger partial charge in [-0.15, -0.1) is 11.3 Å². The van der Waals surface area contributed by atoms with E-state index in [1.54, 1.807) is 24.4 Å². The zero-order valence-electron chi connectivity index (χ0n) is 13.0. The van der Waals surface area contributed by atoms with Crippen molar-refractivity contribution in [3.63, 3.8) is 0 Å². The van der Waals surface area contributed by atoms with Gasteiger partial charge in [0.25, 0.3) is 0 Å². The second kappa shape index (κ2) is 7.05. The Morgan fingerprint density at radius 3 is 2.58 bits per heavy atom. The minimum atomic E-state index is -0.444. The molecule has 7 heteroatoms. The Kier molecular flexibility index (Phi) is 5.04. The number of thiazole rings is 1. The summed E-state index contributed by atoms with van der Waals surface area (Å²) < 4.78 is 14.4. The van der Waals surface area contributed by atoms with E-state index in [1.165, 1.54) is 17.4 Å². The van der Waals surface area contributed by atoms with Crippen molar-refractivity contribution in [2.75, 3.05) is 5.32 Å². The maximum Gasteiger partial charge on any atom is 0.141 e. The fourth-order valence-electron chi connectivity index (χ4n) is 2.33. The maximum absolute atomic E-state index is 14.4. The van der Waals surface area contributed by atoms with Crippen molar-refractivity contribution >= 4 is 40.4 Å². The van der Waals surface area contributed by atoms with Gasteiger partial charge in [0.1, 0.15) is 22.3 Å². The van der Waals surface area contributed by atoms with Crippen LogP contribution in [0.25, 0.3) is 21.8 Å². The summed E-state index contributed by atoms with van der Waals surface area (Å²) in [5, 5.41) is 6.48. The summed E-state index contributed by atoms with van der Waals surface area (Å²) in [6.07, 6.45) is 1.70. The van der Waals surface area contributed by atoms with Crippen molar-refractivity contribution in [2.45, 2.75) is 19.9 Å². The second-order valence-corrected chi connectivity index (χ2v) is 7.15. The molecule has 0 aliphatic carbocycles. The highest BCUT2D eigenvalue weighted by atomic mass is 35.5. The number of aromatic nitrogens is 2. The van der Waals surface area contributed by atoms with Crippen LogP contribution in [0.5, 0.6) is 0 Å². The number of rotatable bonds is 4. The van der Waals surface area contributed by atoms with Gasteiger partial charge < -0.3 is 5.32 Å². The van der Waals surface area contributed by atoms with Crippen LogP contribution in [0, 0.1) is 5.82 Å². The van der Waals surface area contributed by atoms with Gasteiger partial charge in [-0.2, -0.15) is 0 Å². The van der Waals surface area contributed by atoms with Gasteiger partial charge in [-0.1, -0.05) is 29.3 Å². The highest BCUT2D eigenvalue weighted by Gasteiger charge is 2.21. The molecule has 0 aliphatic rings. The van der Waals surface area contributed by atoms with Crippen LogP contribution < -0.4 is 5.32 Å². The number of benzene rings is 1. The molecule has 0 spiro atoms. The average Bonchev–Trinajstić information content (AvgIpc) is 3.03. The van der Waals surface area contributed by atoms with E-state index in [-0.39, 0.29) is 16.6 Å². The largest absolute Gasteiger partial charge is 0.367 e. The smallest absolute Gasteiger partial charge is 0.141 e. The molecule has 0 unspecified atom stereocenters. The molecule has 0 radical (unpaired) electrons. The van der Waals surface area contributed by atoms with E-state index < -0.39 is 5.82 Å². The lowest BCUT2D eigenvalue weighted by Crippen LogP contribution is -2.13. The maximum atomic E-state index is 14.4. The Morgan fingerprint density at radius 1 is 1.17 bits per heavy atom. The summed E-state index contributed by atoms with van der Waals surface area (Å²) in [6.45, 7) is 3.94. The van der Waals surface area contributed by atoms with Crippen LogP contribution in [-0.2, 0) is 0 Å². The lowest BCUT2D eigenvalue weighted by molar-refractivity contribution is 0.631. The van der Waals surface area contributed by atoms with E-state index in [0.717, 1.165) is 5.01 Å². The first-order valence-electron chi connectivity index (χ1n) is 7.28. The molecule has 0 amide bonds. The zero-order valence-corrected chi connectivity index (χ0v) is 15.3. The van der Waals surface area contributed by atoms with Gasteiger partial charge in [0.15, 0.2) is 0 Å². The molecular weight excluding hydrogens is 368 g/mol. The van der Waals surface area contributed by atoms with Gasteiger partial charge in [0.05, 0.1) is 10.0 Å². The molecule has 2 aromatic heterocycles. The van der Waals surface area contributed by atoms with Gasteiger partial charge in [0.2, 0.25) is 0 Å². The molecule has 3 rings (SSSR count). The summed E-state index contributed by atoms with van der Waals surface area (Å²) in [5.41, 5.74) is 1.33. The molecule has 0 aliphatic heterocycles. The van der Waals surface area contributed by atoms with Crippen LogP contribution >= 0.6 is 34.5 Å². The fourth-order valence-corrected chi connectivity index (χ4v) is 3.47. The molecule has 0 saturated carbocycles. The Morgan fingerprint density at radius 2 is 1.96 bits per heavy atom. The Labute approximate surface area is 153 Å². The van der Waals surface area contributed by atoms with Crippen molar-refractivity contribution in [2.24, 2.45) is 0 Å². The molecule has 3 nitrogen and oxygen atoms in total. The minimum Gasteiger partial charge on any atom is -0.367 e. The van der Waals surface area contributed by atoms with Gasteiger partial charge >= 0.3 is 0 Å². The van der Waals surface area contributed by atoms with Crippen LogP contribution in [0.15, 0.2) is 35.8 Å². The van der Waals surface area contributed by atoms with Crippen LogP contribution in [0.4, 0.5) is 10.2 Å². The molecule has 24 heavy (non-hydrogen) atoms. The van der Waals surface area contributed by atoms with E-state index in [1.807, 2.05) is 19.2 Å². The highest BCUT2D eigenvalue weighted by molar-refractivity contribution is 7.13. The summed E-state index contributed by atoms with van der Waals surface area (Å²) in [5.74, 6) is 0.0368. The molecule has 2 heterocycles. The van der Waals surface area contributed by atoms with Crippen molar-refractivity contribution < 1.29 is 4.39 Å². The number of pyridine rings is 1. The Balaban J connectivity index is 2.25. The normalized spacial score (nSPS) is 11.1. The number of hydrogen-bond acceptors (Lipinski definition) is 4. The number of hydrogen-bond donors (Lipinski definition) is 1. The predicted octanol–water partition coefficient (Wildman–Crippen LogP) is 6.14. The Hall–Kier alpha value is -1.69. The topological polar surface area (TPSA) is 37.8 Å². The van der Waals surface area contributed by atoms with Crippen LogP contribution in [0.3, 0.4) is 0 Å². The minimum absolute atomic E-state index is 0.0874.